The fraction of sp³-hybridized carbons (Fsp3) is 0.700. The second kappa shape index (κ2) is 7.40. The van der Waals surface area contributed by atoms with E-state index in [2.05, 4.69) is 15.5 Å². The van der Waals surface area contributed by atoms with Crippen molar-refractivity contribution in [2.75, 3.05) is 19.7 Å². The van der Waals surface area contributed by atoms with Crippen molar-refractivity contribution in [2.24, 2.45) is 5.92 Å². The Balaban J connectivity index is 1.34. The number of amides is 2. The minimum absolute atomic E-state index is 0.0300. The largest absolute Gasteiger partial charge is 0.388 e. The molecule has 2 saturated heterocycles. The molecule has 1 aromatic rings. The summed E-state index contributed by atoms with van der Waals surface area (Å²) in [5.41, 5.74) is -0.950. The van der Waals surface area contributed by atoms with Gasteiger partial charge in [0.25, 0.3) is 5.91 Å². The fourth-order valence-corrected chi connectivity index (χ4v) is 4.46. The van der Waals surface area contributed by atoms with Crippen LogP contribution >= 0.6 is 0 Å². The van der Waals surface area contributed by atoms with Gasteiger partial charge in [-0.15, -0.1) is 0 Å². The maximum atomic E-state index is 12.6. The van der Waals surface area contributed by atoms with Crippen molar-refractivity contribution in [2.45, 2.75) is 62.7 Å². The van der Waals surface area contributed by atoms with E-state index in [0.717, 1.165) is 19.3 Å². The summed E-state index contributed by atoms with van der Waals surface area (Å²) >= 11 is 0. The molecule has 2 amide bonds. The molecule has 2 atom stereocenters. The monoisotopic (exact) mass is 388 g/mol. The first-order chi connectivity index (χ1) is 13.4. The molecule has 0 aromatic carbocycles. The quantitative estimate of drug-likeness (QED) is 0.797. The second-order valence-electron chi connectivity index (χ2n) is 8.64. The van der Waals surface area contributed by atoms with Crippen LogP contribution in [0.5, 0.6) is 0 Å². The number of nitrogens with zero attached hydrogens (tertiary/aromatic N) is 3. The molecule has 2 N–H and O–H groups in total. The van der Waals surface area contributed by atoms with Gasteiger partial charge in [-0.1, -0.05) is 6.42 Å². The smallest absolute Gasteiger partial charge is 0.255 e. The number of likely N-dealkylation sites (tertiary alicyclic amines) is 1. The lowest BCUT2D eigenvalue weighted by molar-refractivity contribution is -0.188. The molecule has 0 bridgehead atoms. The highest BCUT2D eigenvalue weighted by atomic mass is 16.5. The van der Waals surface area contributed by atoms with Crippen LogP contribution in [0, 0.1) is 5.92 Å². The maximum Gasteiger partial charge on any atom is 0.255 e. The van der Waals surface area contributed by atoms with Gasteiger partial charge in [0.05, 0.1) is 41.8 Å². The van der Waals surface area contributed by atoms with Crippen LogP contribution in [0.1, 0.15) is 55.8 Å². The molecule has 152 valence electrons. The number of carbonyl (C=O) groups is 2. The minimum Gasteiger partial charge on any atom is -0.388 e. The van der Waals surface area contributed by atoms with Crippen molar-refractivity contribution >= 4 is 11.8 Å². The average Bonchev–Trinajstić information content (AvgIpc) is 2.63. The van der Waals surface area contributed by atoms with E-state index in [-0.39, 0.29) is 17.7 Å². The zero-order valence-corrected chi connectivity index (χ0v) is 16.3. The Bertz CT molecular complexity index is 727. The fourth-order valence-electron chi connectivity index (χ4n) is 4.46. The van der Waals surface area contributed by atoms with Gasteiger partial charge < -0.3 is 20.1 Å². The average molecular weight is 388 g/mol. The molecular formula is C20H28N4O4. The van der Waals surface area contributed by atoms with Gasteiger partial charge in [0.1, 0.15) is 0 Å². The van der Waals surface area contributed by atoms with E-state index in [1.54, 1.807) is 17.9 Å². The Kier molecular flexibility index (Phi) is 5.09. The van der Waals surface area contributed by atoms with E-state index in [1.165, 1.54) is 12.4 Å². The first-order valence-electron chi connectivity index (χ1n) is 10.1. The van der Waals surface area contributed by atoms with Crippen molar-refractivity contribution in [3.05, 3.63) is 24.0 Å². The van der Waals surface area contributed by atoms with Crippen LogP contribution in [-0.4, -0.2) is 69.0 Å². The molecule has 28 heavy (non-hydrogen) atoms. The molecule has 2 aliphatic heterocycles. The van der Waals surface area contributed by atoms with Crippen LogP contribution in [0.25, 0.3) is 0 Å². The van der Waals surface area contributed by atoms with Gasteiger partial charge >= 0.3 is 0 Å². The van der Waals surface area contributed by atoms with Gasteiger partial charge in [0.15, 0.2) is 0 Å². The third-order valence-electron chi connectivity index (χ3n) is 6.57. The number of carbonyl (C=O) groups excluding carboxylic acids is 2. The molecule has 1 aliphatic carbocycles. The highest BCUT2D eigenvalue weighted by Gasteiger charge is 2.50. The van der Waals surface area contributed by atoms with E-state index >= 15 is 0 Å². The van der Waals surface area contributed by atoms with Crippen LogP contribution in [0.15, 0.2) is 18.5 Å². The van der Waals surface area contributed by atoms with E-state index in [1.807, 2.05) is 0 Å². The van der Waals surface area contributed by atoms with Crippen molar-refractivity contribution in [3.8, 4) is 0 Å². The maximum absolute atomic E-state index is 12.6. The zero-order valence-electron chi connectivity index (χ0n) is 16.3. The van der Waals surface area contributed by atoms with E-state index in [9.17, 15) is 14.7 Å². The first kappa shape index (κ1) is 19.3. The first-order valence-corrected chi connectivity index (χ1v) is 10.1. The van der Waals surface area contributed by atoms with Crippen molar-refractivity contribution in [1.29, 1.82) is 0 Å². The number of rotatable bonds is 3. The standard InChI is InChI=1S/C20H28N4O4/c1-19(27)13-20(28-12-16(19)23-17(25)14-3-2-4-14)6-9-24(10-7-20)18(26)15-5-8-21-22-11-15/h5,8,11,14,16,27H,2-4,6-7,9-10,12-13H2,1H3,(H,23,25)/t16-,19-/m0/s1. The molecule has 1 spiro atoms. The Morgan fingerprint density at radius 3 is 2.61 bits per heavy atom. The van der Waals surface area contributed by atoms with Crippen molar-refractivity contribution in [3.63, 3.8) is 0 Å². The third kappa shape index (κ3) is 3.75. The molecular weight excluding hydrogens is 360 g/mol. The van der Waals surface area contributed by atoms with E-state index in [0.29, 0.717) is 44.5 Å². The lowest BCUT2D eigenvalue weighted by Crippen LogP contribution is -2.64. The summed E-state index contributed by atoms with van der Waals surface area (Å²) in [4.78, 5) is 26.7. The number of nitrogens with one attached hydrogen (secondary N) is 1. The van der Waals surface area contributed by atoms with Crippen LogP contribution in [0.2, 0.25) is 0 Å². The molecule has 8 heteroatoms. The summed E-state index contributed by atoms with van der Waals surface area (Å²) in [5, 5.41) is 21.5. The predicted molar refractivity (Wildman–Crippen MR) is 100 cm³/mol. The lowest BCUT2D eigenvalue weighted by atomic mass is 9.75. The van der Waals surface area contributed by atoms with Crippen LogP contribution < -0.4 is 5.32 Å². The molecule has 0 radical (unpaired) electrons. The number of ether oxygens (including phenoxy) is 1. The number of aliphatic hydroxyl groups is 1. The molecule has 3 aliphatic rings. The van der Waals surface area contributed by atoms with Gasteiger partial charge in [0.2, 0.25) is 5.91 Å². The van der Waals surface area contributed by atoms with Crippen molar-refractivity contribution < 1.29 is 19.4 Å². The summed E-state index contributed by atoms with van der Waals surface area (Å²) in [7, 11) is 0. The van der Waals surface area contributed by atoms with Gasteiger partial charge in [-0.25, -0.2) is 0 Å². The highest BCUT2D eigenvalue weighted by Crippen LogP contribution is 2.40. The molecule has 1 aromatic heterocycles. The zero-order chi connectivity index (χ0) is 19.8. The summed E-state index contributed by atoms with van der Waals surface area (Å²) in [6.45, 7) is 3.21. The summed E-state index contributed by atoms with van der Waals surface area (Å²) in [6.07, 6.45) is 7.73. The number of hydrogen-bond acceptors (Lipinski definition) is 6. The van der Waals surface area contributed by atoms with E-state index < -0.39 is 17.2 Å². The number of aromatic nitrogens is 2. The second-order valence-corrected chi connectivity index (χ2v) is 8.64. The molecule has 1 saturated carbocycles. The molecule has 3 fully saturated rings. The summed E-state index contributed by atoms with van der Waals surface area (Å²) in [6, 6.07) is 1.27. The lowest BCUT2D eigenvalue weighted by Gasteiger charge is -2.51. The van der Waals surface area contributed by atoms with Crippen molar-refractivity contribution in [1.82, 2.24) is 20.4 Å². The Hall–Kier alpha value is -2.06. The van der Waals surface area contributed by atoms with Gasteiger partial charge in [0, 0.05) is 25.4 Å². The van der Waals surface area contributed by atoms with Gasteiger partial charge in [-0.05, 0) is 38.7 Å². The Morgan fingerprint density at radius 1 is 1.29 bits per heavy atom. The summed E-state index contributed by atoms with van der Waals surface area (Å²) < 4.78 is 6.19. The van der Waals surface area contributed by atoms with Gasteiger partial charge in [-0.3, -0.25) is 9.59 Å². The molecule has 0 unspecified atom stereocenters. The van der Waals surface area contributed by atoms with Crippen LogP contribution in [0.3, 0.4) is 0 Å². The van der Waals surface area contributed by atoms with Gasteiger partial charge in [-0.2, -0.15) is 10.2 Å². The van der Waals surface area contributed by atoms with E-state index in [4.69, 9.17) is 4.74 Å². The molecule has 4 rings (SSSR count). The number of hydrogen-bond donors (Lipinski definition) is 2. The normalized spacial score (nSPS) is 29.9. The van der Waals surface area contributed by atoms with Crippen LogP contribution in [-0.2, 0) is 9.53 Å². The Labute approximate surface area is 164 Å². The summed E-state index contributed by atoms with van der Waals surface area (Å²) in [5.74, 6) is 0.0593. The predicted octanol–water partition coefficient (Wildman–Crippen LogP) is 0.908. The minimum atomic E-state index is -1.03. The number of piperidine rings is 1. The highest BCUT2D eigenvalue weighted by molar-refractivity contribution is 5.93. The van der Waals surface area contributed by atoms with Crippen LogP contribution in [0.4, 0.5) is 0 Å². The molecule has 3 heterocycles. The molecule has 8 nitrogen and oxygen atoms in total. The third-order valence-corrected chi connectivity index (χ3v) is 6.57. The Morgan fingerprint density at radius 2 is 2.04 bits per heavy atom. The SMILES string of the molecule is C[C@]1(O)CC2(CCN(C(=O)c3ccnnc3)CC2)OC[C@@H]1NC(=O)C1CCC1. The topological polar surface area (TPSA) is 105 Å².